The smallest absolute Gasteiger partial charge is 0.411 e. The van der Waals surface area contributed by atoms with Crippen LogP contribution >= 0.6 is 0 Å². The topological polar surface area (TPSA) is 103 Å². The molecule has 2 aromatic carbocycles. The summed E-state index contributed by atoms with van der Waals surface area (Å²) >= 11 is 0. The first-order chi connectivity index (χ1) is 14.5. The lowest BCUT2D eigenvalue weighted by Crippen LogP contribution is -2.20. The molecule has 2 N–H and O–H groups in total. The van der Waals surface area contributed by atoms with Crippen LogP contribution in [0.15, 0.2) is 42.7 Å². The lowest BCUT2D eigenvalue weighted by Gasteiger charge is -2.13. The van der Waals surface area contributed by atoms with Gasteiger partial charge in [0.05, 0.1) is 36.6 Å². The number of anilines is 1. The standard InChI is InChI=1S/C22H23N3O5/c1-29-20-10-14(21(26)27)6-7-15(20)12-25-13-23-18-9-8-16(11-19(18)25)24-22(28)30-17-4-2-3-5-17/h6-11,13,17H,2-5,12H2,1H3,(H,24,28)(H,26,27). The Hall–Kier alpha value is -3.55. The number of carbonyl (C=O) groups is 2. The third kappa shape index (κ3) is 4.22. The molecular weight excluding hydrogens is 386 g/mol. The second kappa shape index (κ2) is 8.44. The summed E-state index contributed by atoms with van der Waals surface area (Å²) < 4.78 is 12.7. The van der Waals surface area contributed by atoms with Crippen LogP contribution in [-0.4, -0.2) is 39.9 Å². The molecule has 3 aromatic rings. The number of ether oxygens (including phenoxy) is 2. The van der Waals surface area contributed by atoms with Gasteiger partial charge in [-0.1, -0.05) is 6.07 Å². The maximum absolute atomic E-state index is 12.2. The van der Waals surface area contributed by atoms with Crippen LogP contribution in [0, 0.1) is 0 Å². The molecule has 30 heavy (non-hydrogen) atoms. The van der Waals surface area contributed by atoms with Crippen LogP contribution in [0.2, 0.25) is 0 Å². The second-order valence-electron chi connectivity index (χ2n) is 7.34. The van der Waals surface area contributed by atoms with Crippen molar-refractivity contribution < 1.29 is 24.2 Å². The first kappa shape index (κ1) is 19.8. The predicted molar refractivity (Wildman–Crippen MR) is 111 cm³/mol. The minimum absolute atomic E-state index is 0.000461. The molecular formula is C22H23N3O5. The Morgan fingerprint density at radius 3 is 2.73 bits per heavy atom. The van der Waals surface area contributed by atoms with Crippen LogP contribution in [0.1, 0.15) is 41.6 Å². The molecule has 8 nitrogen and oxygen atoms in total. The molecule has 1 aromatic heterocycles. The van der Waals surface area contributed by atoms with Crippen LogP contribution in [0.4, 0.5) is 10.5 Å². The predicted octanol–water partition coefficient (Wildman–Crippen LogP) is 4.28. The molecule has 1 aliphatic rings. The summed E-state index contributed by atoms with van der Waals surface area (Å²) in [5.41, 5.74) is 3.23. The van der Waals surface area contributed by atoms with E-state index in [0.29, 0.717) is 18.0 Å². The largest absolute Gasteiger partial charge is 0.496 e. The number of aromatic nitrogens is 2. The minimum atomic E-state index is -1.01. The fourth-order valence-corrected chi connectivity index (χ4v) is 3.76. The van der Waals surface area contributed by atoms with Crippen molar-refractivity contribution in [3.05, 3.63) is 53.9 Å². The molecule has 1 saturated carbocycles. The van der Waals surface area contributed by atoms with Crippen LogP contribution in [0.25, 0.3) is 11.0 Å². The van der Waals surface area contributed by atoms with Gasteiger partial charge in [0.15, 0.2) is 0 Å². The number of fused-ring (bicyclic) bond motifs is 1. The van der Waals surface area contributed by atoms with E-state index in [2.05, 4.69) is 10.3 Å². The van der Waals surface area contributed by atoms with E-state index in [1.165, 1.54) is 13.2 Å². The molecule has 1 aliphatic carbocycles. The van der Waals surface area contributed by atoms with E-state index in [9.17, 15) is 14.7 Å². The number of carbonyl (C=O) groups excluding carboxylic acids is 1. The van der Waals surface area contributed by atoms with Gasteiger partial charge in [-0.15, -0.1) is 0 Å². The molecule has 1 heterocycles. The molecule has 1 fully saturated rings. The zero-order valence-corrected chi connectivity index (χ0v) is 16.6. The summed E-state index contributed by atoms with van der Waals surface area (Å²) in [4.78, 5) is 27.8. The Kier molecular flexibility index (Phi) is 5.56. The highest BCUT2D eigenvalue weighted by atomic mass is 16.6. The number of methoxy groups -OCH3 is 1. The summed E-state index contributed by atoms with van der Waals surface area (Å²) in [6.45, 7) is 0.440. The molecule has 0 saturated heterocycles. The van der Waals surface area contributed by atoms with Gasteiger partial charge in [0.2, 0.25) is 0 Å². The van der Waals surface area contributed by atoms with Gasteiger partial charge < -0.3 is 19.1 Å². The van der Waals surface area contributed by atoms with Crippen LogP contribution in [0.3, 0.4) is 0 Å². The van der Waals surface area contributed by atoms with Crippen LogP contribution in [-0.2, 0) is 11.3 Å². The maximum atomic E-state index is 12.2. The lowest BCUT2D eigenvalue weighted by atomic mass is 10.1. The van der Waals surface area contributed by atoms with Crippen molar-refractivity contribution in [1.29, 1.82) is 0 Å². The number of carboxylic acid groups (broad SMARTS) is 1. The van der Waals surface area contributed by atoms with E-state index in [-0.39, 0.29) is 11.7 Å². The van der Waals surface area contributed by atoms with Gasteiger partial charge in [-0.25, -0.2) is 14.6 Å². The molecule has 0 radical (unpaired) electrons. The number of benzene rings is 2. The summed E-state index contributed by atoms with van der Waals surface area (Å²) in [5.74, 6) is -0.515. The van der Waals surface area contributed by atoms with Crippen LogP contribution in [0.5, 0.6) is 5.75 Å². The average Bonchev–Trinajstić information content (AvgIpc) is 3.38. The Morgan fingerprint density at radius 2 is 2.00 bits per heavy atom. The van der Waals surface area contributed by atoms with Crippen molar-refractivity contribution in [2.75, 3.05) is 12.4 Å². The fourth-order valence-electron chi connectivity index (χ4n) is 3.76. The molecule has 0 atom stereocenters. The first-order valence-corrected chi connectivity index (χ1v) is 9.86. The summed E-state index contributed by atoms with van der Waals surface area (Å²) in [6, 6.07) is 10.2. The van der Waals surface area contributed by atoms with Gasteiger partial charge in [-0.3, -0.25) is 5.32 Å². The highest BCUT2D eigenvalue weighted by Gasteiger charge is 2.19. The van der Waals surface area contributed by atoms with E-state index < -0.39 is 12.1 Å². The Labute approximate surface area is 173 Å². The molecule has 8 heteroatoms. The lowest BCUT2D eigenvalue weighted by molar-refractivity contribution is 0.0696. The Balaban J connectivity index is 1.54. The monoisotopic (exact) mass is 409 g/mol. The molecule has 0 bridgehead atoms. The Morgan fingerprint density at radius 1 is 1.20 bits per heavy atom. The van der Waals surface area contributed by atoms with Crippen molar-refractivity contribution in [1.82, 2.24) is 9.55 Å². The van der Waals surface area contributed by atoms with Gasteiger partial charge in [0.25, 0.3) is 0 Å². The number of carboxylic acids is 1. The summed E-state index contributed by atoms with van der Waals surface area (Å²) in [6.07, 6.45) is 5.29. The number of rotatable bonds is 6. The number of hydrogen-bond acceptors (Lipinski definition) is 5. The fraction of sp³-hybridized carbons (Fsp3) is 0.318. The third-order valence-corrected chi connectivity index (χ3v) is 5.32. The quantitative estimate of drug-likeness (QED) is 0.630. The van der Waals surface area contributed by atoms with E-state index in [1.54, 1.807) is 24.5 Å². The molecule has 1 amide bonds. The Bertz CT molecular complexity index is 1090. The SMILES string of the molecule is COc1cc(C(=O)O)ccc1Cn1cnc2ccc(NC(=O)OC3CCCC3)cc21. The van der Waals surface area contributed by atoms with E-state index in [1.807, 2.05) is 16.7 Å². The van der Waals surface area contributed by atoms with Crippen LogP contribution < -0.4 is 10.1 Å². The number of amides is 1. The average molecular weight is 409 g/mol. The van der Waals surface area contributed by atoms with Crippen molar-refractivity contribution >= 4 is 28.8 Å². The second-order valence-corrected chi connectivity index (χ2v) is 7.34. The van der Waals surface area contributed by atoms with E-state index in [0.717, 1.165) is 42.3 Å². The number of imidazole rings is 1. The molecule has 4 rings (SSSR count). The van der Waals surface area contributed by atoms with Crippen molar-refractivity contribution in [2.45, 2.75) is 38.3 Å². The number of aromatic carboxylic acids is 1. The van der Waals surface area contributed by atoms with Gasteiger partial charge in [-0.05, 0) is 56.0 Å². The van der Waals surface area contributed by atoms with Crippen molar-refractivity contribution in [3.8, 4) is 5.75 Å². The summed E-state index contributed by atoms with van der Waals surface area (Å²) in [5, 5.41) is 12.0. The van der Waals surface area contributed by atoms with Gasteiger partial charge >= 0.3 is 12.1 Å². The summed E-state index contributed by atoms with van der Waals surface area (Å²) in [7, 11) is 1.51. The normalized spacial score (nSPS) is 14.0. The highest BCUT2D eigenvalue weighted by molar-refractivity contribution is 5.89. The zero-order valence-electron chi connectivity index (χ0n) is 16.6. The van der Waals surface area contributed by atoms with Gasteiger partial charge in [0, 0.05) is 11.3 Å². The molecule has 0 unspecified atom stereocenters. The number of hydrogen-bond donors (Lipinski definition) is 2. The third-order valence-electron chi connectivity index (χ3n) is 5.32. The van der Waals surface area contributed by atoms with E-state index in [4.69, 9.17) is 9.47 Å². The highest BCUT2D eigenvalue weighted by Crippen LogP contribution is 2.25. The number of nitrogens with zero attached hydrogens (tertiary/aromatic N) is 2. The molecule has 156 valence electrons. The van der Waals surface area contributed by atoms with Crippen molar-refractivity contribution in [3.63, 3.8) is 0 Å². The zero-order chi connectivity index (χ0) is 21.1. The van der Waals surface area contributed by atoms with Gasteiger partial charge in [-0.2, -0.15) is 0 Å². The molecule has 0 spiro atoms. The van der Waals surface area contributed by atoms with Crippen molar-refractivity contribution in [2.24, 2.45) is 0 Å². The van der Waals surface area contributed by atoms with Gasteiger partial charge in [0.1, 0.15) is 11.9 Å². The number of nitrogens with one attached hydrogen (secondary N) is 1. The maximum Gasteiger partial charge on any atom is 0.411 e. The first-order valence-electron chi connectivity index (χ1n) is 9.86. The minimum Gasteiger partial charge on any atom is -0.496 e. The van der Waals surface area contributed by atoms with E-state index >= 15 is 0 Å². The molecule has 0 aliphatic heterocycles.